The second-order valence-corrected chi connectivity index (χ2v) is 9.00. The largest absolute Gasteiger partial charge is 0.330 e. The summed E-state index contributed by atoms with van der Waals surface area (Å²) in [6, 6.07) is 26.2. The van der Waals surface area contributed by atoms with E-state index in [2.05, 4.69) is 47.1 Å². The third kappa shape index (κ3) is 5.00. The molecule has 0 radical (unpaired) electrons. The van der Waals surface area contributed by atoms with Crippen LogP contribution in [0.4, 0.5) is 27.1 Å². The van der Waals surface area contributed by atoms with Gasteiger partial charge in [0.1, 0.15) is 0 Å². The maximum Gasteiger partial charge on any atom is 0.324 e. The maximum absolute atomic E-state index is 12.6. The van der Waals surface area contributed by atoms with Crippen LogP contribution in [0.15, 0.2) is 89.4 Å². The zero-order chi connectivity index (χ0) is 22.6. The standard InChI is InChI=1S/C24H17BrN6OS/c25-16-10-11-20-21(14-16)33-24(28-20)27-19-9-5-4-8-18(19)26-23(32)29-22-13-12-17(30-31-22)15-6-2-1-3-7-15/h1-14H,(H,27,28)(H2,26,29,31,32). The number of anilines is 4. The van der Waals surface area contributed by atoms with Crippen molar-refractivity contribution in [2.24, 2.45) is 0 Å². The Labute approximate surface area is 202 Å². The molecule has 162 valence electrons. The molecule has 3 N–H and O–H groups in total. The molecule has 33 heavy (non-hydrogen) atoms. The molecule has 0 bridgehead atoms. The highest BCUT2D eigenvalue weighted by molar-refractivity contribution is 9.10. The van der Waals surface area contributed by atoms with Gasteiger partial charge in [-0.05, 0) is 42.5 Å². The Morgan fingerprint density at radius 1 is 0.818 bits per heavy atom. The molecule has 5 aromatic rings. The van der Waals surface area contributed by atoms with E-state index in [9.17, 15) is 4.79 Å². The molecular weight excluding hydrogens is 500 g/mol. The summed E-state index contributed by atoms with van der Waals surface area (Å²) in [6.45, 7) is 0. The third-order valence-corrected chi connectivity index (χ3v) is 6.17. The van der Waals surface area contributed by atoms with E-state index >= 15 is 0 Å². The van der Waals surface area contributed by atoms with Gasteiger partial charge in [-0.25, -0.2) is 9.78 Å². The Bertz CT molecular complexity index is 1420. The number of fused-ring (bicyclic) bond motifs is 1. The van der Waals surface area contributed by atoms with Crippen LogP contribution in [0.3, 0.4) is 0 Å². The quantitative estimate of drug-likeness (QED) is 0.236. The van der Waals surface area contributed by atoms with Crippen LogP contribution in [0.25, 0.3) is 21.5 Å². The monoisotopic (exact) mass is 516 g/mol. The second-order valence-electron chi connectivity index (χ2n) is 7.05. The number of benzene rings is 3. The van der Waals surface area contributed by atoms with E-state index < -0.39 is 6.03 Å². The Balaban J connectivity index is 1.28. The molecule has 3 aromatic carbocycles. The molecule has 0 saturated carbocycles. The maximum atomic E-state index is 12.6. The lowest BCUT2D eigenvalue weighted by Crippen LogP contribution is -2.20. The third-order valence-electron chi connectivity index (χ3n) is 4.74. The highest BCUT2D eigenvalue weighted by Crippen LogP contribution is 2.32. The predicted octanol–water partition coefficient (Wildman–Crippen LogP) is 6.90. The number of para-hydroxylation sites is 2. The van der Waals surface area contributed by atoms with Gasteiger partial charge in [-0.1, -0.05) is 69.7 Å². The number of aromatic nitrogens is 3. The average molecular weight is 517 g/mol. The van der Waals surface area contributed by atoms with Gasteiger partial charge >= 0.3 is 6.03 Å². The first-order valence-electron chi connectivity index (χ1n) is 10.0. The molecular formula is C24H17BrN6OS. The fourth-order valence-electron chi connectivity index (χ4n) is 3.20. The van der Waals surface area contributed by atoms with Gasteiger partial charge in [0.25, 0.3) is 0 Å². The minimum atomic E-state index is -0.417. The van der Waals surface area contributed by atoms with Crippen LogP contribution in [0, 0.1) is 0 Å². The summed E-state index contributed by atoms with van der Waals surface area (Å²) in [6.07, 6.45) is 0. The lowest BCUT2D eigenvalue weighted by Gasteiger charge is -2.12. The van der Waals surface area contributed by atoms with E-state index in [1.165, 1.54) is 11.3 Å². The van der Waals surface area contributed by atoms with Crippen molar-refractivity contribution in [1.82, 2.24) is 15.2 Å². The topological polar surface area (TPSA) is 91.8 Å². The summed E-state index contributed by atoms with van der Waals surface area (Å²) < 4.78 is 2.07. The van der Waals surface area contributed by atoms with Crippen molar-refractivity contribution in [3.8, 4) is 11.3 Å². The molecule has 2 aromatic heterocycles. The molecule has 0 aliphatic carbocycles. The number of rotatable bonds is 5. The molecule has 9 heteroatoms. The minimum Gasteiger partial charge on any atom is -0.330 e. The molecule has 0 atom stereocenters. The van der Waals surface area contributed by atoms with E-state index in [-0.39, 0.29) is 0 Å². The molecule has 0 fully saturated rings. The van der Waals surface area contributed by atoms with E-state index in [1.807, 2.05) is 78.9 Å². The number of nitrogens with one attached hydrogen (secondary N) is 3. The van der Waals surface area contributed by atoms with Gasteiger partial charge in [0.15, 0.2) is 10.9 Å². The number of halogens is 1. The minimum absolute atomic E-state index is 0.356. The van der Waals surface area contributed by atoms with E-state index in [1.54, 1.807) is 6.07 Å². The van der Waals surface area contributed by atoms with Gasteiger partial charge in [-0.15, -0.1) is 10.2 Å². The molecule has 0 aliphatic heterocycles. The fourth-order valence-corrected chi connectivity index (χ4v) is 4.63. The number of thiazole rings is 1. The highest BCUT2D eigenvalue weighted by atomic mass is 79.9. The first-order valence-corrected chi connectivity index (χ1v) is 11.6. The van der Waals surface area contributed by atoms with Crippen molar-refractivity contribution >= 4 is 65.8 Å². The lowest BCUT2D eigenvalue weighted by atomic mass is 10.1. The normalized spacial score (nSPS) is 10.7. The SMILES string of the molecule is O=C(Nc1ccc(-c2ccccc2)nn1)Nc1ccccc1Nc1nc2ccc(Br)cc2s1. The van der Waals surface area contributed by atoms with Crippen LogP contribution in [0.1, 0.15) is 0 Å². The van der Waals surface area contributed by atoms with Crippen molar-refractivity contribution in [1.29, 1.82) is 0 Å². The number of hydrogen-bond donors (Lipinski definition) is 3. The second kappa shape index (κ2) is 9.35. The Hall–Kier alpha value is -3.82. The number of nitrogens with zero attached hydrogens (tertiary/aromatic N) is 3. The Morgan fingerprint density at radius 3 is 2.39 bits per heavy atom. The summed E-state index contributed by atoms with van der Waals surface area (Å²) in [7, 11) is 0. The van der Waals surface area contributed by atoms with Gasteiger partial charge in [0, 0.05) is 10.0 Å². The summed E-state index contributed by atoms with van der Waals surface area (Å²) >= 11 is 5.02. The van der Waals surface area contributed by atoms with E-state index in [0.29, 0.717) is 11.5 Å². The van der Waals surface area contributed by atoms with Crippen molar-refractivity contribution in [2.75, 3.05) is 16.0 Å². The smallest absolute Gasteiger partial charge is 0.324 e. The van der Waals surface area contributed by atoms with Crippen LogP contribution in [-0.2, 0) is 0 Å². The molecule has 2 heterocycles. The highest BCUT2D eigenvalue weighted by Gasteiger charge is 2.11. The number of hydrogen-bond acceptors (Lipinski definition) is 6. The number of carbonyl (C=O) groups excluding carboxylic acids is 1. The van der Waals surface area contributed by atoms with Gasteiger partial charge < -0.3 is 10.6 Å². The molecule has 2 amide bonds. The fraction of sp³-hybridized carbons (Fsp3) is 0. The Morgan fingerprint density at radius 2 is 1.61 bits per heavy atom. The van der Waals surface area contributed by atoms with Crippen LogP contribution >= 0.6 is 27.3 Å². The molecule has 0 unspecified atom stereocenters. The number of carbonyl (C=O) groups is 1. The van der Waals surface area contributed by atoms with Crippen LogP contribution < -0.4 is 16.0 Å². The van der Waals surface area contributed by atoms with Crippen molar-refractivity contribution in [3.63, 3.8) is 0 Å². The van der Waals surface area contributed by atoms with Gasteiger partial charge in [0.2, 0.25) is 0 Å². The van der Waals surface area contributed by atoms with Crippen LogP contribution in [-0.4, -0.2) is 21.2 Å². The summed E-state index contributed by atoms with van der Waals surface area (Å²) in [4.78, 5) is 17.2. The summed E-state index contributed by atoms with van der Waals surface area (Å²) in [5, 5.41) is 17.9. The van der Waals surface area contributed by atoms with E-state index in [4.69, 9.17) is 0 Å². The van der Waals surface area contributed by atoms with Crippen molar-refractivity contribution in [2.45, 2.75) is 0 Å². The molecule has 0 spiro atoms. The van der Waals surface area contributed by atoms with Crippen molar-refractivity contribution < 1.29 is 4.79 Å². The molecule has 0 aliphatic rings. The molecule has 7 nitrogen and oxygen atoms in total. The zero-order valence-electron chi connectivity index (χ0n) is 17.1. The van der Waals surface area contributed by atoms with E-state index in [0.717, 1.165) is 36.8 Å². The van der Waals surface area contributed by atoms with Crippen molar-refractivity contribution in [3.05, 3.63) is 89.4 Å². The van der Waals surface area contributed by atoms with Crippen LogP contribution in [0.2, 0.25) is 0 Å². The first-order chi connectivity index (χ1) is 16.1. The summed E-state index contributed by atoms with van der Waals surface area (Å²) in [5.74, 6) is 0.356. The predicted molar refractivity (Wildman–Crippen MR) is 137 cm³/mol. The van der Waals surface area contributed by atoms with Gasteiger partial charge in [-0.2, -0.15) is 0 Å². The van der Waals surface area contributed by atoms with Crippen LogP contribution in [0.5, 0.6) is 0 Å². The average Bonchev–Trinajstić information content (AvgIpc) is 3.23. The number of urea groups is 1. The van der Waals surface area contributed by atoms with Gasteiger partial charge in [0.05, 0.1) is 27.3 Å². The zero-order valence-corrected chi connectivity index (χ0v) is 19.5. The molecule has 5 rings (SSSR count). The molecule has 0 saturated heterocycles. The Kier molecular flexibility index (Phi) is 5.97. The first kappa shape index (κ1) is 21.0. The van der Waals surface area contributed by atoms with Gasteiger partial charge in [-0.3, -0.25) is 5.32 Å². The summed E-state index contributed by atoms with van der Waals surface area (Å²) in [5.41, 5.74) is 3.95. The number of amides is 2. The lowest BCUT2D eigenvalue weighted by molar-refractivity contribution is 0.262.